The fourth-order valence-electron chi connectivity index (χ4n) is 4.32. The lowest BCUT2D eigenvalue weighted by Crippen LogP contribution is -2.37. The van der Waals surface area contributed by atoms with Gasteiger partial charge >= 0.3 is 0 Å². The minimum Gasteiger partial charge on any atom is -0.349 e. The molecule has 0 radical (unpaired) electrons. The van der Waals surface area contributed by atoms with E-state index in [1.807, 2.05) is 54.3 Å². The number of hydrogen-bond donors (Lipinski definition) is 1. The van der Waals surface area contributed by atoms with Crippen molar-refractivity contribution in [2.75, 3.05) is 11.4 Å². The summed E-state index contributed by atoms with van der Waals surface area (Å²) in [5, 5.41) is 3.19. The maximum absolute atomic E-state index is 13.0. The first-order chi connectivity index (χ1) is 13.6. The van der Waals surface area contributed by atoms with Crippen LogP contribution in [0.1, 0.15) is 70.4 Å². The molecule has 146 valence electrons. The molecule has 0 atom stereocenters. The molecule has 0 unspecified atom stereocenters. The first-order valence-electron chi connectivity index (χ1n) is 10.4. The van der Waals surface area contributed by atoms with Crippen LogP contribution in [0.25, 0.3) is 0 Å². The summed E-state index contributed by atoms with van der Waals surface area (Å²) in [5.41, 5.74) is 4.57. The Bertz CT molecular complexity index is 867. The molecule has 1 aliphatic carbocycles. The van der Waals surface area contributed by atoms with Gasteiger partial charge in [0.15, 0.2) is 0 Å². The van der Waals surface area contributed by atoms with E-state index in [1.165, 1.54) is 19.3 Å². The van der Waals surface area contributed by atoms with Crippen molar-refractivity contribution in [2.45, 2.75) is 57.9 Å². The number of anilines is 1. The van der Waals surface area contributed by atoms with Crippen molar-refractivity contribution in [1.29, 1.82) is 0 Å². The highest BCUT2D eigenvalue weighted by molar-refractivity contribution is 6.07. The predicted molar refractivity (Wildman–Crippen MR) is 112 cm³/mol. The second kappa shape index (κ2) is 8.17. The number of rotatable bonds is 3. The lowest BCUT2D eigenvalue weighted by molar-refractivity contribution is 0.0927. The Balaban J connectivity index is 1.52. The van der Waals surface area contributed by atoms with Crippen LogP contribution < -0.4 is 10.2 Å². The summed E-state index contributed by atoms with van der Waals surface area (Å²) < 4.78 is 0. The molecule has 1 fully saturated rings. The number of hydrogen-bond acceptors (Lipinski definition) is 2. The molecule has 0 spiro atoms. The molecule has 2 aliphatic rings. The molecule has 4 rings (SSSR count). The maximum Gasteiger partial charge on any atom is 0.258 e. The van der Waals surface area contributed by atoms with Crippen molar-refractivity contribution in [2.24, 2.45) is 0 Å². The van der Waals surface area contributed by atoms with E-state index in [0.29, 0.717) is 23.7 Å². The van der Waals surface area contributed by atoms with Crippen LogP contribution >= 0.6 is 0 Å². The maximum atomic E-state index is 13.0. The van der Waals surface area contributed by atoms with Crippen molar-refractivity contribution >= 4 is 17.5 Å². The van der Waals surface area contributed by atoms with E-state index in [1.54, 1.807) is 0 Å². The van der Waals surface area contributed by atoms with Gasteiger partial charge in [-0.15, -0.1) is 0 Å². The summed E-state index contributed by atoms with van der Waals surface area (Å²) in [5.74, 6) is 0.0389. The summed E-state index contributed by atoms with van der Waals surface area (Å²) in [7, 11) is 0. The Morgan fingerprint density at radius 2 is 1.64 bits per heavy atom. The largest absolute Gasteiger partial charge is 0.349 e. The molecule has 2 aromatic carbocycles. The summed E-state index contributed by atoms with van der Waals surface area (Å²) in [6, 6.07) is 13.8. The van der Waals surface area contributed by atoms with Gasteiger partial charge in [-0.05, 0) is 68.5 Å². The van der Waals surface area contributed by atoms with Crippen LogP contribution in [0.3, 0.4) is 0 Å². The number of carbonyl (C=O) groups excluding carboxylic acids is 2. The van der Waals surface area contributed by atoms with E-state index < -0.39 is 0 Å². The average molecular weight is 377 g/mol. The highest BCUT2D eigenvalue weighted by Crippen LogP contribution is 2.30. The number of carbonyl (C=O) groups is 2. The van der Waals surface area contributed by atoms with Gasteiger partial charge < -0.3 is 10.2 Å². The van der Waals surface area contributed by atoms with Gasteiger partial charge in [-0.3, -0.25) is 9.59 Å². The Hall–Kier alpha value is -2.62. The third kappa shape index (κ3) is 3.96. The minimum absolute atomic E-state index is 0.0108. The highest BCUT2D eigenvalue weighted by Gasteiger charge is 2.25. The number of benzene rings is 2. The van der Waals surface area contributed by atoms with Crippen LogP contribution in [0.2, 0.25) is 0 Å². The molecule has 1 saturated carbocycles. The fourth-order valence-corrected chi connectivity index (χ4v) is 4.32. The molecular weight excluding hydrogens is 348 g/mol. The van der Waals surface area contributed by atoms with Gasteiger partial charge in [0.2, 0.25) is 0 Å². The van der Waals surface area contributed by atoms with E-state index in [4.69, 9.17) is 0 Å². The number of fused-ring (bicyclic) bond motifs is 1. The zero-order chi connectivity index (χ0) is 19.5. The zero-order valence-electron chi connectivity index (χ0n) is 16.5. The van der Waals surface area contributed by atoms with Gasteiger partial charge in [-0.1, -0.05) is 37.0 Å². The zero-order valence-corrected chi connectivity index (χ0v) is 16.5. The molecule has 1 heterocycles. The molecule has 2 aromatic rings. The van der Waals surface area contributed by atoms with E-state index >= 15 is 0 Å². The molecule has 0 bridgehead atoms. The third-order valence-electron chi connectivity index (χ3n) is 5.94. The molecule has 1 aliphatic heterocycles. The lowest BCUT2D eigenvalue weighted by Gasteiger charge is -2.30. The number of nitrogens with zero attached hydrogens (tertiary/aromatic N) is 1. The van der Waals surface area contributed by atoms with E-state index in [0.717, 1.165) is 42.5 Å². The van der Waals surface area contributed by atoms with Crippen molar-refractivity contribution in [3.8, 4) is 0 Å². The van der Waals surface area contributed by atoms with Crippen molar-refractivity contribution < 1.29 is 9.59 Å². The topological polar surface area (TPSA) is 49.4 Å². The smallest absolute Gasteiger partial charge is 0.258 e. The van der Waals surface area contributed by atoms with Crippen LogP contribution in [0.5, 0.6) is 0 Å². The van der Waals surface area contributed by atoms with E-state index in [-0.39, 0.29) is 11.8 Å². The van der Waals surface area contributed by atoms with Crippen molar-refractivity contribution in [3.05, 3.63) is 64.7 Å². The normalized spacial score (nSPS) is 17.1. The van der Waals surface area contributed by atoms with Crippen LogP contribution in [0, 0.1) is 6.92 Å². The predicted octanol–water partition coefficient (Wildman–Crippen LogP) is 4.65. The minimum atomic E-state index is 0.0108. The summed E-state index contributed by atoms with van der Waals surface area (Å²) in [6.45, 7) is 2.73. The fraction of sp³-hybridized carbons (Fsp3) is 0.417. The van der Waals surface area contributed by atoms with Crippen molar-refractivity contribution in [3.63, 3.8) is 0 Å². The van der Waals surface area contributed by atoms with E-state index in [9.17, 15) is 9.59 Å². The molecule has 4 nitrogen and oxygen atoms in total. The summed E-state index contributed by atoms with van der Waals surface area (Å²) in [6.07, 6.45) is 7.65. The Labute approximate surface area is 166 Å². The standard InChI is InChI=1S/C24H28N2O2/c1-17-9-11-18(12-10-17)24(28)26-15-5-6-19-16-20(13-14-22(19)26)23(27)25-21-7-3-2-4-8-21/h9-14,16,21H,2-8,15H2,1H3,(H,25,27). The van der Waals surface area contributed by atoms with Gasteiger partial charge in [0.1, 0.15) is 0 Å². The molecule has 28 heavy (non-hydrogen) atoms. The molecule has 0 aromatic heterocycles. The summed E-state index contributed by atoms with van der Waals surface area (Å²) >= 11 is 0. The number of amides is 2. The van der Waals surface area contributed by atoms with Crippen LogP contribution in [-0.4, -0.2) is 24.4 Å². The molecule has 2 amide bonds. The Morgan fingerprint density at radius 3 is 2.39 bits per heavy atom. The average Bonchev–Trinajstić information content (AvgIpc) is 2.73. The Morgan fingerprint density at radius 1 is 0.929 bits per heavy atom. The van der Waals surface area contributed by atoms with Crippen LogP contribution in [0.4, 0.5) is 5.69 Å². The first-order valence-corrected chi connectivity index (χ1v) is 10.4. The van der Waals surface area contributed by atoms with Gasteiger partial charge in [0.25, 0.3) is 11.8 Å². The van der Waals surface area contributed by atoms with Gasteiger partial charge in [-0.25, -0.2) is 0 Å². The van der Waals surface area contributed by atoms with Crippen LogP contribution in [0.15, 0.2) is 42.5 Å². The molecule has 0 saturated heterocycles. The Kier molecular flexibility index (Phi) is 5.47. The van der Waals surface area contributed by atoms with Gasteiger partial charge in [-0.2, -0.15) is 0 Å². The monoisotopic (exact) mass is 376 g/mol. The van der Waals surface area contributed by atoms with Crippen molar-refractivity contribution in [1.82, 2.24) is 5.32 Å². The van der Waals surface area contributed by atoms with E-state index in [2.05, 4.69) is 5.32 Å². The number of nitrogens with one attached hydrogen (secondary N) is 1. The molecule has 4 heteroatoms. The van der Waals surface area contributed by atoms with Gasteiger partial charge in [0.05, 0.1) is 0 Å². The second-order valence-electron chi connectivity index (χ2n) is 8.08. The second-order valence-corrected chi connectivity index (χ2v) is 8.08. The van der Waals surface area contributed by atoms with Crippen LogP contribution in [-0.2, 0) is 6.42 Å². The summed E-state index contributed by atoms with van der Waals surface area (Å²) in [4.78, 5) is 27.5. The third-order valence-corrected chi connectivity index (χ3v) is 5.94. The van der Waals surface area contributed by atoms with Gasteiger partial charge in [0, 0.05) is 29.4 Å². The lowest BCUT2D eigenvalue weighted by atomic mass is 9.94. The molecular formula is C24H28N2O2. The highest BCUT2D eigenvalue weighted by atomic mass is 16.2. The first kappa shape index (κ1) is 18.7. The quantitative estimate of drug-likeness (QED) is 0.848. The SMILES string of the molecule is Cc1ccc(C(=O)N2CCCc3cc(C(=O)NC4CCCCC4)ccc32)cc1. The number of aryl methyl sites for hydroxylation is 2. The molecule has 1 N–H and O–H groups in total.